The third kappa shape index (κ3) is 4.10. The summed E-state index contributed by atoms with van der Waals surface area (Å²) in [6.45, 7) is -1.47. The fourth-order valence-corrected chi connectivity index (χ4v) is 2.75. The summed E-state index contributed by atoms with van der Waals surface area (Å²) in [5, 5.41) is 13.0. The minimum Gasteiger partial charge on any atom is -0.394 e. The second-order valence-corrected chi connectivity index (χ2v) is 4.67. The fraction of sp³-hybridized carbons (Fsp3) is 0.500. The zero-order valence-electron chi connectivity index (χ0n) is 7.51. The highest BCUT2D eigenvalue weighted by atomic mass is 79.9. The number of hydrogen-bond donors (Lipinski definition) is 2. The highest BCUT2D eigenvalue weighted by Gasteiger charge is 2.28. The molecule has 2 nitrogen and oxygen atoms in total. The van der Waals surface area contributed by atoms with Crippen LogP contribution in [-0.2, 0) is 0 Å². The molecule has 0 radical (unpaired) electrons. The Labute approximate surface area is 97.2 Å². The van der Waals surface area contributed by atoms with E-state index >= 15 is 0 Å². The van der Waals surface area contributed by atoms with Crippen LogP contribution in [0.25, 0.3) is 0 Å². The number of hydrogen-bond acceptors (Lipinski definition) is 3. The smallest absolute Gasteiger partial charge is 0.394 e. The molecule has 7 heteroatoms. The first kappa shape index (κ1) is 13.0. The third-order valence-electron chi connectivity index (χ3n) is 1.69. The quantitative estimate of drug-likeness (QED) is 0.896. The van der Waals surface area contributed by atoms with Crippen molar-refractivity contribution < 1.29 is 18.3 Å². The minimum atomic E-state index is -4.27. The monoisotopic (exact) mass is 303 g/mol. The summed E-state index contributed by atoms with van der Waals surface area (Å²) in [6, 6.07) is 1.05. The Bertz CT molecular complexity index is 315. The van der Waals surface area contributed by atoms with E-state index in [1.165, 1.54) is 11.3 Å². The second-order valence-electron chi connectivity index (χ2n) is 2.86. The van der Waals surface area contributed by atoms with Gasteiger partial charge in [-0.25, -0.2) is 0 Å². The van der Waals surface area contributed by atoms with Crippen LogP contribution in [0.4, 0.5) is 13.2 Å². The predicted molar refractivity (Wildman–Crippen MR) is 55.9 cm³/mol. The third-order valence-corrected chi connectivity index (χ3v) is 3.68. The lowest BCUT2D eigenvalue weighted by Gasteiger charge is -2.16. The standard InChI is InChI=1S/C8H9BrF3NOS/c9-5-1-2-15-7(5)6(3-14)13-4-8(10,11)12/h1-2,6,13-14H,3-4H2. The van der Waals surface area contributed by atoms with Crippen molar-refractivity contribution in [1.82, 2.24) is 5.32 Å². The number of thiophene rings is 1. The lowest BCUT2D eigenvalue weighted by molar-refractivity contribution is -0.126. The molecule has 2 N–H and O–H groups in total. The molecule has 0 fully saturated rings. The molecule has 1 rings (SSSR count). The van der Waals surface area contributed by atoms with E-state index in [-0.39, 0.29) is 6.61 Å². The van der Waals surface area contributed by atoms with Gasteiger partial charge in [0.1, 0.15) is 0 Å². The number of nitrogens with one attached hydrogen (secondary N) is 1. The van der Waals surface area contributed by atoms with Crippen LogP contribution in [0.3, 0.4) is 0 Å². The maximum atomic E-state index is 11.9. The zero-order valence-corrected chi connectivity index (χ0v) is 9.92. The first-order valence-corrected chi connectivity index (χ1v) is 5.75. The van der Waals surface area contributed by atoms with Gasteiger partial charge < -0.3 is 5.11 Å². The van der Waals surface area contributed by atoms with Crippen molar-refractivity contribution in [3.8, 4) is 0 Å². The molecule has 0 saturated heterocycles. The average Bonchev–Trinajstić information content (AvgIpc) is 2.52. The van der Waals surface area contributed by atoms with Crippen molar-refractivity contribution in [3.63, 3.8) is 0 Å². The van der Waals surface area contributed by atoms with Crippen LogP contribution in [-0.4, -0.2) is 24.4 Å². The van der Waals surface area contributed by atoms with E-state index in [4.69, 9.17) is 5.11 Å². The molecule has 1 aromatic rings. The maximum absolute atomic E-state index is 11.9. The van der Waals surface area contributed by atoms with E-state index in [1.54, 1.807) is 11.4 Å². The summed E-state index contributed by atoms with van der Waals surface area (Å²) < 4.78 is 36.5. The summed E-state index contributed by atoms with van der Waals surface area (Å²) in [6.07, 6.45) is -4.27. The normalized spacial score (nSPS) is 14.2. The number of alkyl halides is 3. The van der Waals surface area contributed by atoms with Crippen LogP contribution in [0, 0.1) is 0 Å². The van der Waals surface area contributed by atoms with Gasteiger partial charge in [0.25, 0.3) is 0 Å². The van der Waals surface area contributed by atoms with Gasteiger partial charge in [-0.3, -0.25) is 5.32 Å². The van der Waals surface area contributed by atoms with Crippen molar-refractivity contribution in [1.29, 1.82) is 0 Å². The summed E-state index contributed by atoms with van der Waals surface area (Å²) in [7, 11) is 0. The minimum absolute atomic E-state index is 0.366. The van der Waals surface area contributed by atoms with Crippen molar-refractivity contribution in [2.75, 3.05) is 13.2 Å². The van der Waals surface area contributed by atoms with Crippen LogP contribution in [0.15, 0.2) is 15.9 Å². The largest absolute Gasteiger partial charge is 0.401 e. The maximum Gasteiger partial charge on any atom is 0.401 e. The molecule has 15 heavy (non-hydrogen) atoms. The van der Waals surface area contributed by atoms with Crippen LogP contribution in [0.2, 0.25) is 0 Å². The number of aliphatic hydroxyl groups excluding tert-OH is 1. The van der Waals surface area contributed by atoms with Gasteiger partial charge in [-0.2, -0.15) is 13.2 Å². The molecule has 0 bridgehead atoms. The van der Waals surface area contributed by atoms with Gasteiger partial charge in [0.05, 0.1) is 19.2 Å². The molecule has 0 aromatic carbocycles. The molecule has 0 amide bonds. The number of halogens is 4. The van der Waals surface area contributed by atoms with Gasteiger partial charge in [0, 0.05) is 9.35 Å². The van der Waals surface area contributed by atoms with E-state index in [2.05, 4.69) is 21.2 Å². The van der Waals surface area contributed by atoms with Crippen LogP contribution in [0.5, 0.6) is 0 Å². The first-order valence-electron chi connectivity index (χ1n) is 4.08. The van der Waals surface area contributed by atoms with Gasteiger partial charge in [0.15, 0.2) is 0 Å². The Hall–Kier alpha value is -0.110. The summed E-state index contributed by atoms with van der Waals surface area (Å²) >= 11 is 4.50. The topological polar surface area (TPSA) is 32.3 Å². The first-order chi connectivity index (χ1) is 6.94. The molecule has 0 aliphatic carbocycles. The lowest BCUT2D eigenvalue weighted by Crippen LogP contribution is -2.33. The van der Waals surface area contributed by atoms with Crippen molar-refractivity contribution >= 4 is 27.3 Å². The van der Waals surface area contributed by atoms with Crippen molar-refractivity contribution in [2.45, 2.75) is 12.2 Å². The van der Waals surface area contributed by atoms with Gasteiger partial charge in [0.2, 0.25) is 0 Å². The van der Waals surface area contributed by atoms with Crippen LogP contribution in [0.1, 0.15) is 10.9 Å². The van der Waals surface area contributed by atoms with Gasteiger partial charge >= 0.3 is 6.18 Å². The Morgan fingerprint density at radius 1 is 1.53 bits per heavy atom. The number of aliphatic hydroxyl groups is 1. The van der Waals surface area contributed by atoms with E-state index < -0.39 is 18.8 Å². The summed E-state index contributed by atoms with van der Waals surface area (Å²) in [4.78, 5) is 0.668. The van der Waals surface area contributed by atoms with E-state index in [1.807, 2.05) is 0 Å². The molecule has 1 unspecified atom stereocenters. The molecular formula is C8H9BrF3NOS. The van der Waals surface area contributed by atoms with Crippen LogP contribution >= 0.6 is 27.3 Å². The Kier molecular flexibility index (Phi) is 4.57. The molecule has 1 heterocycles. The van der Waals surface area contributed by atoms with Gasteiger partial charge in [-0.1, -0.05) is 0 Å². The zero-order chi connectivity index (χ0) is 11.5. The van der Waals surface area contributed by atoms with E-state index in [0.717, 1.165) is 0 Å². The van der Waals surface area contributed by atoms with E-state index in [9.17, 15) is 13.2 Å². The van der Waals surface area contributed by atoms with Gasteiger partial charge in [-0.15, -0.1) is 11.3 Å². The predicted octanol–water partition coefficient (Wildman–Crippen LogP) is 2.70. The molecule has 0 saturated carbocycles. The average molecular weight is 304 g/mol. The summed E-state index contributed by atoms with van der Waals surface area (Å²) in [5.74, 6) is 0. The molecule has 0 aliphatic rings. The number of rotatable bonds is 4. The fourth-order valence-electron chi connectivity index (χ4n) is 1.03. The lowest BCUT2D eigenvalue weighted by atomic mass is 10.2. The Morgan fingerprint density at radius 2 is 2.20 bits per heavy atom. The van der Waals surface area contributed by atoms with Gasteiger partial charge in [-0.05, 0) is 27.4 Å². The highest BCUT2D eigenvalue weighted by molar-refractivity contribution is 9.10. The molecule has 1 aromatic heterocycles. The van der Waals surface area contributed by atoms with Crippen molar-refractivity contribution in [3.05, 3.63) is 20.8 Å². The molecule has 1 atom stereocenters. The summed E-state index contributed by atoms with van der Waals surface area (Å²) in [5.41, 5.74) is 0. The van der Waals surface area contributed by atoms with E-state index in [0.29, 0.717) is 9.35 Å². The van der Waals surface area contributed by atoms with Crippen LogP contribution < -0.4 is 5.32 Å². The Balaban J connectivity index is 2.61. The SMILES string of the molecule is OCC(NCC(F)(F)F)c1sccc1Br. The second kappa shape index (κ2) is 5.29. The molecule has 86 valence electrons. The molecule has 0 aliphatic heterocycles. The molecule has 0 spiro atoms. The highest BCUT2D eigenvalue weighted by Crippen LogP contribution is 2.29. The Morgan fingerprint density at radius 3 is 2.60 bits per heavy atom. The van der Waals surface area contributed by atoms with Crippen molar-refractivity contribution in [2.24, 2.45) is 0 Å². The molecular weight excluding hydrogens is 295 g/mol.